The first kappa shape index (κ1) is 14.0. The van der Waals surface area contributed by atoms with E-state index in [9.17, 15) is 12.8 Å². The summed E-state index contributed by atoms with van der Waals surface area (Å²) in [6, 6.07) is 9.36. The van der Waals surface area contributed by atoms with E-state index >= 15 is 0 Å². The minimum absolute atomic E-state index is 0.106. The Morgan fingerprint density at radius 2 is 1.95 bits per heavy atom. The molecule has 1 fully saturated rings. The fraction of sp³-hybridized carbons (Fsp3) is 0.267. The van der Waals surface area contributed by atoms with Gasteiger partial charge in [-0.1, -0.05) is 0 Å². The Hall–Kier alpha value is -1.95. The first-order valence-corrected chi connectivity index (χ1v) is 8.43. The molecule has 1 atom stereocenters. The van der Waals surface area contributed by atoms with Crippen LogP contribution in [0, 0.1) is 5.82 Å². The summed E-state index contributed by atoms with van der Waals surface area (Å²) in [6.07, 6.45) is 2.11. The maximum Gasteiger partial charge on any atom is 0.152 e. The Balaban J connectivity index is 1.72. The van der Waals surface area contributed by atoms with Crippen LogP contribution in [0.15, 0.2) is 45.8 Å². The molecular formula is C15H14FNO3S. The number of furan rings is 1. The van der Waals surface area contributed by atoms with Crippen LogP contribution < -0.4 is 0 Å². The molecule has 2 heterocycles. The van der Waals surface area contributed by atoms with Crippen LogP contribution in [0.1, 0.15) is 12.2 Å². The zero-order valence-electron chi connectivity index (χ0n) is 11.2. The van der Waals surface area contributed by atoms with Gasteiger partial charge in [0.2, 0.25) is 0 Å². The molecule has 2 aromatic rings. The minimum atomic E-state index is -2.92. The lowest BCUT2D eigenvalue weighted by Crippen LogP contribution is -2.07. The Morgan fingerprint density at radius 1 is 1.19 bits per heavy atom. The highest BCUT2D eigenvalue weighted by atomic mass is 32.2. The number of nitrogens with zero attached hydrogens (tertiary/aromatic N) is 1. The topological polar surface area (TPSA) is 59.6 Å². The first-order valence-electron chi connectivity index (χ1n) is 6.61. The molecule has 0 saturated carbocycles. The SMILES string of the molecule is O=S1(=O)CCC(N=Cc2ccc(-c3ccc(F)cc3)o2)C1. The highest BCUT2D eigenvalue weighted by molar-refractivity contribution is 7.91. The van der Waals surface area contributed by atoms with Gasteiger partial charge in [-0.25, -0.2) is 12.8 Å². The van der Waals surface area contributed by atoms with Gasteiger partial charge in [-0.05, 0) is 42.8 Å². The predicted octanol–water partition coefficient (Wildman–Crippen LogP) is 2.69. The fourth-order valence-corrected chi connectivity index (χ4v) is 3.90. The quantitative estimate of drug-likeness (QED) is 0.819. The predicted molar refractivity (Wildman–Crippen MR) is 78.8 cm³/mol. The van der Waals surface area contributed by atoms with E-state index in [0.29, 0.717) is 17.9 Å². The Labute approximate surface area is 122 Å². The molecule has 1 aromatic heterocycles. The van der Waals surface area contributed by atoms with Crippen molar-refractivity contribution < 1.29 is 17.2 Å². The van der Waals surface area contributed by atoms with E-state index in [-0.39, 0.29) is 23.4 Å². The van der Waals surface area contributed by atoms with E-state index in [1.165, 1.54) is 12.1 Å². The van der Waals surface area contributed by atoms with Crippen LogP contribution in [0.25, 0.3) is 11.3 Å². The van der Waals surface area contributed by atoms with Gasteiger partial charge < -0.3 is 4.42 Å². The monoisotopic (exact) mass is 307 g/mol. The third kappa shape index (κ3) is 3.39. The highest BCUT2D eigenvalue weighted by Gasteiger charge is 2.26. The summed E-state index contributed by atoms with van der Waals surface area (Å²) in [5, 5.41) is 0. The van der Waals surface area contributed by atoms with Gasteiger partial charge in [0, 0.05) is 5.56 Å². The summed E-state index contributed by atoms with van der Waals surface area (Å²) in [4.78, 5) is 4.25. The van der Waals surface area contributed by atoms with Crippen LogP contribution in [-0.4, -0.2) is 32.2 Å². The zero-order valence-corrected chi connectivity index (χ0v) is 12.0. The van der Waals surface area contributed by atoms with Gasteiger partial charge in [-0.15, -0.1) is 0 Å². The summed E-state index contributed by atoms with van der Waals surface area (Å²) in [7, 11) is -2.92. The van der Waals surface area contributed by atoms with E-state index < -0.39 is 9.84 Å². The lowest BCUT2D eigenvalue weighted by molar-refractivity contribution is 0.573. The second-order valence-electron chi connectivity index (χ2n) is 5.04. The smallest absolute Gasteiger partial charge is 0.152 e. The molecule has 0 aliphatic carbocycles. The van der Waals surface area contributed by atoms with Crippen molar-refractivity contribution in [2.24, 2.45) is 4.99 Å². The summed E-state index contributed by atoms with van der Waals surface area (Å²) < 4.78 is 41.1. The second-order valence-corrected chi connectivity index (χ2v) is 7.27. The number of hydrogen-bond acceptors (Lipinski definition) is 4. The first-order chi connectivity index (χ1) is 10.0. The molecular weight excluding hydrogens is 293 g/mol. The normalized spacial score (nSPS) is 21.1. The van der Waals surface area contributed by atoms with Crippen molar-refractivity contribution in [1.29, 1.82) is 0 Å². The number of hydrogen-bond donors (Lipinski definition) is 0. The van der Waals surface area contributed by atoms with Gasteiger partial charge in [0.25, 0.3) is 0 Å². The molecule has 0 radical (unpaired) electrons. The van der Waals surface area contributed by atoms with Crippen molar-refractivity contribution >= 4 is 16.1 Å². The molecule has 1 unspecified atom stereocenters. The van der Waals surface area contributed by atoms with Gasteiger partial charge >= 0.3 is 0 Å². The van der Waals surface area contributed by atoms with Crippen molar-refractivity contribution in [3.63, 3.8) is 0 Å². The number of rotatable bonds is 3. The zero-order chi connectivity index (χ0) is 14.9. The lowest BCUT2D eigenvalue weighted by atomic mass is 10.2. The maximum absolute atomic E-state index is 12.9. The molecule has 0 amide bonds. The number of benzene rings is 1. The molecule has 6 heteroatoms. The van der Waals surface area contributed by atoms with Crippen LogP contribution in [0.3, 0.4) is 0 Å². The Morgan fingerprint density at radius 3 is 2.62 bits per heavy atom. The molecule has 0 N–H and O–H groups in total. The van der Waals surface area contributed by atoms with E-state index in [1.807, 2.05) is 0 Å². The summed E-state index contributed by atoms with van der Waals surface area (Å²) >= 11 is 0. The van der Waals surface area contributed by atoms with Crippen molar-refractivity contribution in [1.82, 2.24) is 0 Å². The van der Waals surface area contributed by atoms with Crippen LogP contribution in [0.4, 0.5) is 4.39 Å². The van der Waals surface area contributed by atoms with Gasteiger partial charge in [0.15, 0.2) is 9.84 Å². The summed E-state index contributed by atoms with van der Waals surface area (Å²) in [5.74, 6) is 1.19. The number of sulfone groups is 1. The molecule has 0 spiro atoms. The maximum atomic E-state index is 12.9. The van der Waals surface area contributed by atoms with E-state index in [0.717, 1.165) is 5.56 Å². The summed E-state index contributed by atoms with van der Waals surface area (Å²) in [6.45, 7) is 0. The Bertz CT molecular complexity index is 762. The van der Waals surface area contributed by atoms with Gasteiger partial charge in [-0.2, -0.15) is 0 Å². The standard InChI is InChI=1S/C15H14FNO3S/c16-12-3-1-11(2-4-12)15-6-5-14(20-15)9-17-13-7-8-21(18,19)10-13/h1-6,9,13H,7-8,10H2. The van der Waals surface area contributed by atoms with Crippen molar-refractivity contribution in [2.75, 3.05) is 11.5 Å². The third-order valence-corrected chi connectivity index (χ3v) is 5.13. The van der Waals surface area contributed by atoms with E-state index in [1.54, 1.807) is 30.5 Å². The molecule has 21 heavy (non-hydrogen) atoms. The van der Waals surface area contributed by atoms with Gasteiger partial charge in [0.1, 0.15) is 17.3 Å². The number of halogens is 1. The van der Waals surface area contributed by atoms with Crippen LogP contribution in [0.5, 0.6) is 0 Å². The van der Waals surface area contributed by atoms with Gasteiger partial charge in [0.05, 0.1) is 23.8 Å². The molecule has 110 valence electrons. The van der Waals surface area contributed by atoms with Crippen LogP contribution in [-0.2, 0) is 9.84 Å². The van der Waals surface area contributed by atoms with Crippen LogP contribution in [0.2, 0.25) is 0 Å². The van der Waals surface area contributed by atoms with E-state index in [4.69, 9.17) is 4.42 Å². The molecule has 3 rings (SSSR count). The van der Waals surface area contributed by atoms with Gasteiger partial charge in [-0.3, -0.25) is 4.99 Å². The lowest BCUT2D eigenvalue weighted by Gasteiger charge is -1.98. The van der Waals surface area contributed by atoms with Crippen molar-refractivity contribution in [3.8, 4) is 11.3 Å². The average molecular weight is 307 g/mol. The minimum Gasteiger partial charge on any atom is -0.455 e. The Kier molecular flexibility index (Phi) is 3.63. The molecule has 1 aromatic carbocycles. The van der Waals surface area contributed by atoms with Crippen molar-refractivity contribution in [3.05, 3.63) is 48.0 Å². The average Bonchev–Trinajstić information content (AvgIpc) is 3.04. The van der Waals surface area contributed by atoms with Crippen molar-refractivity contribution in [2.45, 2.75) is 12.5 Å². The third-order valence-electron chi connectivity index (χ3n) is 3.38. The summed E-state index contributed by atoms with van der Waals surface area (Å²) in [5.41, 5.74) is 0.777. The molecule has 1 aliphatic rings. The van der Waals surface area contributed by atoms with E-state index in [2.05, 4.69) is 4.99 Å². The fourth-order valence-electron chi connectivity index (χ4n) is 2.26. The molecule has 1 aliphatic heterocycles. The highest BCUT2D eigenvalue weighted by Crippen LogP contribution is 2.22. The van der Waals surface area contributed by atoms with Crippen LogP contribution >= 0.6 is 0 Å². The second kappa shape index (κ2) is 5.44. The largest absolute Gasteiger partial charge is 0.455 e. The number of aliphatic imine (C=N–C) groups is 1. The molecule has 0 bridgehead atoms. The molecule has 1 saturated heterocycles. The molecule has 4 nitrogen and oxygen atoms in total.